The van der Waals surface area contributed by atoms with E-state index in [9.17, 15) is 4.79 Å². The van der Waals surface area contributed by atoms with Crippen molar-refractivity contribution in [2.24, 2.45) is 0 Å². The summed E-state index contributed by atoms with van der Waals surface area (Å²) >= 11 is 0. The van der Waals surface area contributed by atoms with Crippen LogP contribution in [0.5, 0.6) is 17.4 Å². The minimum absolute atomic E-state index is 0.344. The Hall–Kier alpha value is -2.56. The lowest BCUT2D eigenvalue weighted by atomic mass is 10.1. The van der Waals surface area contributed by atoms with Crippen molar-refractivity contribution < 1.29 is 19.0 Å². The first-order valence-electron chi connectivity index (χ1n) is 7.61. The Kier molecular flexibility index (Phi) is 5.97. The Morgan fingerprint density at radius 2 is 1.96 bits per heavy atom. The van der Waals surface area contributed by atoms with Crippen LogP contribution in [0.25, 0.3) is 0 Å². The number of carbonyl (C=O) groups is 1. The van der Waals surface area contributed by atoms with E-state index in [1.165, 1.54) is 13.3 Å². The van der Waals surface area contributed by atoms with E-state index in [4.69, 9.17) is 14.2 Å². The Labute approximate surface area is 136 Å². The van der Waals surface area contributed by atoms with E-state index in [1.807, 2.05) is 6.07 Å². The summed E-state index contributed by atoms with van der Waals surface area (Å²) in [7, 11) is 1.51. The van der Waals surface area contributed by atoms with Gasteiger partial charge in [-0.1, -0.05) is 31.5 Å². The number of aromatic nitrogens is 1. The van der Waals surface area contributed by atoms with Gasteiger partial charge in [-0.2, -0.15) is 0 Å². The van der Waals surface area contributed by atoms with Gasteiger partial charge in [0, 0.05) is 5.56 Å². The molecule has 2 rings (SSSR count). The molecule has 5 heteroatoms. The third-order valence-electron chi connectivity index (χ3n) is 3.35. The van der Waals surface area contributed by atoms with E-state index >= 15 is 0 Å². The molecular weight excluding hydrogens is 294 g/mol. The topological polar surface area (TPSA) is 57.7 Å². The van der Waals surface area contributed by atoms with Crippen molar-refractivity contribution in [2.45, 2.75) is 26.7 Å². The first-order chi connectivity index (χ1) is 11.2. The summed E-state index contributed by atoms with van der Waals surface area (Å²) in [4.78, 5) is 16.7. The molecule has 0 aliphatic carbocycles. The molecule has 0 radical (unpaired) electrons. The number of benzene rings is 1. The number of para-hydroxylation sites is 1. The second kappa shape index (κ2) is 8.17. The molecule has 1 aromatic heterocycles. The highest BCUT2D eigenvalue weighted by atomic mass is 16.5. The van der Waals surface area contributed by atoms with E-state index < -0.39 is 5.97 Å². The summed E-state index contributed by atoms with van der Waals surface area (Å²) in [6.45, 7) is 4.36. The number of carbonyl (C=O) groups excluding carboxylic acids is 1. The fraction of sp³-hybridized carbons (Fsp3) is 0.333. The molecule has 0 amide bonds. The van der Waals surface area contributed by atoms with Gasteiger partial charge in [0.05, 0.1) is 19.9 Å². The number of hydrogen-bond donors (Lipinski definition) is 0. The molecule has 0 unspecified atom stereocenters. The first-order valence-corrected chi connectivity index (χ1v) is 7.61. The molecule has 0 fully saturated rings. The van der Waals surface area contributed by atoms with Gasteiger partial charge < -0.3 is 14.2 Å². The first kappa shape index (κ1) is 16.8. The van der Waals surface area contributed by atoms with E-state index in [0.717, 1.165) is 12.8 Å². The lowest BCUT2D eigenvalue weighted by Gasteiger charge is -2.14. The third-order valence-corrected chi connectivity index (χ3v) is 3.35. The van der Waals surface area contributed by atoms with Crippen LogP contribution in [-0.4, -0.2) is 24.7 Å². The molecule has 122 valence electrons. The molecule has 1 heterocycles. The predicted molar refractivity (Wildman–Crippen MR) is 87.3 cm³/mol. The fourth-order valence-electron chi connectivity index (χ4n) is 2.11. The Morgan fingerprint density at radius 3 is 2.61 bits per heavy atom. The molecular formula is C18H21NO4. The van der Waals surface area contributed by atoms with Crippen molar-refractivity contribution in [3.63, 3.8) is 0 Å². The molecule has 0 saturated heterocycles. The Balaban J connectivity index is 2.30. The van der Waals surface area contributed by atoms with Gasteiger partial charge in [-0.15, -0.1) is 0 Å². The summed E-state index contributed by atoms with van der Waals surface area (Å²) in [5.74, 6) is 0.790. The number of ether oxygens (including phenoxy) is 3. The van der Waals surface area contributed by atoms with E-state index in [2.05, 4.69) is 11.9 Å². The van der Waals surface area contributed by atoms with Crippen LogP contribution in [0.1, 0.15) is 35.7 Å². The zero-order chi connectivity index (χ0) is 16.7. The van der Waals surface area contributed by atoms with Crippen molar-refractivity contribution >= 4 is 5.97 Å². The Bertz CT molecular complexity index is 656. The van der Waals surface area contributed by atoms with Crippen molar-refractivity contribution in [3.8, 4) is 17.4 Å². The minimum Gasteiger partial charge on any atom is -0.491 e. The molecule has 2 aromatic rings. The molecule has 0 saturated carbocycles. The summed E-state index contributed by atoms with van der Waals surface area (Å²) in [5, 5.41) is 0. The molecule has 0 aliphatic rings. The number of rotatable bonds is 7. The summed E-state index contributed by atoms with van der Waals surface area (Å²) in [6, 6.07) is 8.92. The zero-order valence-electron chi connectivity index (χ0n) is 13.7. The van der Waals surface area contributed by atoms with E-state index in [0.29, 0.717) is 35.1 Å². The highest BCUT2D eigenvalue weighted by Gasteiger charge is 2.22. The molecule has 5 nitrogen and oxygen atoms in total. The van der Waals surface area contributed by atoms with Crippen molar-refractivity contribution in [2.75, 3.05) is 13.7 Å². The normalized spacial score (nSPS) is 10.2. The largest absolute Gasteiger partial charge is 0.491 e. The maximum Gasteiger partial charge on any atom is 0.347 e. The van der Waals surface area contributed by atoms with Crippen molar-refractivity contribution in [3.05, 3.63) is 47.7 Å². The van der Waals surface area contributed by atoms with Gasteiger partial charge in [0.1, 0.15) is 11.3 Å². The zero-order valence-corrected chi connectivity index (χ0v) is 13.7. The van der Waals surface area contributed by atoms with Gasteiger partial charge in [-0.3, -0.25) is 0 Å². The number of pyridine rings is 1. The van der Waals surface area contributed by atoms with E-state index in [-0.39, 0.29) is 0 Å². The number of esters is 1. The predicted octanol–water partition coefficient (Wildman–Crippen LogP) is 3.80. The SMILES string of the molecule is CCCCOc1cnc(OC)c(C)c1C(=O)Oc1ccccc1. The molecule has 0 spiro atoms. The quantitative estimate of drug-likeness (QED) is 0.442. The molecule has 0 bridgehead atoms. The summed E-state index contributed by atoms with van der Waals surface area (Å²) in [5.41, 5.74) is 0.944. The minimum atomic E-state index is -0.485. The van der Waals surface area contributed by atoms with Crippen molar-refractivity contribution in [1.82, 2.24) is 4.98 Å². The van der Waals surface area contributed by atoms with Gasteiger partial charge >= 0.3 is 5.97 Å². The smallest absolute Gasteiger partial charge is 0.347 e. The lowest BCUT2D eigenvalue weighted by Crippen LogP contribution is -2.14. The van der Waals surface area contributed by atoms with Gasteiger partial charge in [0.25, 0.3) is 0 Å². The van der Waals surface area contributed by atoms with Crippen LogP contribution in [0.2, 0.25) is 0 Å². The maximum atomic E-state index is 12.6. The second-order valence-corrected chi connectivity index (χ2v) is 5.04. The number of unbranched alkanes of at least 4 members (excludes halogenated alkanes) is 1. The number of nitrogens with zero attached hydrogens (tertiary/aromatic N) is 1. The molecule has 0 atom stereocenters. The molecule has 1 aromatic carbocycles. The third kappa shape index (κ3) is 4.22. The van der Waals surface area contributed by atoms with Crippen LogP contribution in [-0.2, 0) is 0 Å². The van der Waals surface area contributed by atoms with Crippen LogP contribution >= 0.6 is 0 Å². The van der Waals surface area contributed by atoms with Gasteiger partial charge in [-0.25, -0.2) is 9.78 Å². The highest BCUT2D eigenvalue weighted by Crippen LogP contribution is 2.29. The molecule has 0 aliphatic heterocycles. The monoisotopic (exact) mass is 315 g/mol. The van der Waals surface area contributed by atoms with Gasteiger partial charge in [0.15, 0.2) is 5.75 Å². The Morgan fingerprint density at radius 1 is 1.22 bits per heavy atom. The second-order valence-electron chi connectivity index (χ2n) is 5.04. The summed E-state index contributed by atoms with van der Waals surface area (Å²) < 4.78 is 16.3. The van der Waals surface area contributed by atoms with Crippen LogP contribution in [0, 0.1) is 6.92 Å². The average Bonchev–Trinajstić information content (AvgIpc) is 2.56. The van der Waals surface area contributed by atoms with Crippen molar-refractivity contribution in [1.29, 1.82) is 0 Å². The lowest BCUT2D eigenvalue weighted by molar-refractivity contribution is 0.0728. The van der Waals surface area contributed by atoms with Crippen LogP contribution < -0.4 is 14.2 Å². The molecule has 23 heavy (non-hydrogen) atoms. The van der Waals surface area contributed by atoms with Gasteiger partial charge in [0.2, 0.25) is 5.88 Å². The fourth-order valence-corrected chi connectivity index (χ4v) is 2.11. The highest BCUT2D eigenvalue weighted by molar-refractivity contribution is 5.96. The number of hydrogen-bond acceptors (Lipinski definition) is 5. The van der Waals surface area contributed by atoms with Crippen LogP contribution in [0.15, 0.2) is 36.5 Å². The summed E-state index contributed by atoms with van der Waals surface area (Å²) in [6.07, 6.45) is 3.41. The van der Waals surface area contributed by atoms with Gasteiger partial charge in [-0.05, 0) is 25.5 Å². The molecule has 0 N–H and O–H groups in total. The number of methoxy groups -OCH3 is 1. The van der Waals surface area contributed by atoms with E-state index in [1.54, 1.807) is 31.2 Å². The maximum absolute atomic E-state index is 12.6. The van der Waals surface area contributed by atoms with Crippen LogP contribution in [0.3, 0.4) is 0 Å². The standard InChI is InChI=1S/C18H21NO4/c1-4-5-11-22-15-12-19-17(21-3)13(2)16(15)18(20)23-14-9-7-6-8-10-14/h6-10,12H,4-5,11H2,1-3H3. The van der Waals surface area contributed by atoms with Crippen LogP contribution in [0.4, 0.5) is 0 Å². The average molecular weight is 315 g/mol.